The van der Waals surface area contributed by atoms with E-state index < -0.39 is 49.2 Å². The maximum Gasteiger partial charge on any atom is 0.217 e. The van der Waals surface area contributed by atoms with Crippen molar-refractivity contribution in [1.82, 2.24) is 5.32 Å². The van der Waals surface area contributed by atoms with E-state index >= 15 is 0 Å². The summed E-state index contributed by atoms with van der Waals surface area (Å²) in [5, 5.41) is 48.8. The van der Waals surface area contributed by atoms with E-state index in [1.54, 1.807) is 0 Å². The summed E-state index contributed by atoms with van der Waals surface area (Å²) in [6.45, 7) is 0.503. The number of ether oxygens (including phenoxy) is 1. The molecule has 1 rings (SSSR count). The normalized spacial score (nSPS) is 29.4. The van der Waals surface area contributed by atoms with Crippen LogP contribution in [0.1, 0.15) is 6.92 Å². The highest BCUT2D eigenvalue weighted by Crippen LogP contribution is 2.23. The van der Waals surface area contributed by atoms with Gasteiger partial charge in [0.15, 0.2) is 5.76 Å². The van der Waals surface area contributed by atoms with Crippen LogP contribution in [0.15, 0.2) is 11.8 Å². The van der Waals surface area contributed by atoms with E-state index in [1.165, 1.54) is 13.0 Å². The summed E-state index contributed by atoms with van der Waals surface area (Å²) in [4.78, 5) is 11.1. The van der Waals surface area contributed by atoms with Gasteiger partial charge in [-0.05, 0) is 6.08 Å². The van der Waals surface area contributed by atoms with Crippen molar-refractivity contribution >= 4 is 5.91 Å². The molecular weight excluding hydrogens is 272 g/mol. The molecule has 9 nitrogen and oxygen atoms in total. The summed E-state index contributed by atoms with van der Waals surface area (Å²) < 4.78 is 5.16. The molecule has 1 heterocycles. The second-order valence-electron chi connectivity index (χ2n) is 4.57. The first-order valence-electron chi connectivity index (χ1n) is 6.02. The molecule has 1 amide bonds. The van der Waals surface area contributed by atoms with Crippen LogP contribution in [0.5, 0.6) is 0 Å². The van der Waals surface area contributed by atoms with E-state index in [1.807, 2.05) is 0 Å². The van der Waals surface area contributed by atoms with Crippen LogP contribution in [0.4, 0.5) is 0 Å². The van der Waals surface area contributed by atoms with Crippen molar-refractivity contribution in [3.63, 3.8) is 0 Å². The number of aliphatic hydroxyl groups is 5. The molecule has 0 saturated heterocycles. The highest BCUT2D eigenvalue weighted by atomic mass is 16.6. The van der Waals surface area contributed by atoms with Crippen LogP contribution in [-0.4, -0.2) is 74.7 Å². The van der Waals surface area contributed by atoms with Gasteiger partial charge in [-0.2, -0.15) is 0 Å². The summed E-state index contributed by atoms with van der Waals surface area (Å²) in [6, 6.07) is -1.76. The Hall–Kier alpha value is -1.23. The Morgan fingerprint density at radius 1 is 1.45 bits per heavy atom. The molecule has 9 heteroatoms. The van der Waals surface area contributed by atoms with E-state index in [0.29, 0.717) is 0 Å². The minimum atomic E-state index is -1.94. The van der Waals surface area contributed by atoms with Gasteiger partial charge in [-0.3, -0.25) is 4.79 Å². The number of carbonyl (C=O) groups excluding carboxylic acids is 1. The van der Waals surface area contributed by atoms with E-state index in [4.69, 9.17) is 25.8 Å². The summed E-state index contributed by atoms with van der Waals surface area (Å²) >= 11 is 0. The topological polar surface area (TPSA) is 166 Å². The molecule has 20 heavy (non-hydrogen) atoms. The molecule has 1 aliphatic rings. The molecule has 8 N–H and O–H groups in total. The first-order chi connectivity index (χ1) is 9.27. The molecular formula is C11H20N2O7. The van der Waals surface area contributed by atoms with Crippen LogP contribution in [0, 0.1) is 0 Å². The molecule has 0 aliphatic carbocycles. The Balaban J connectivity index is 3.01. The van der Waals surface area contributed by atoms with Crippen molar-refractivity contribution in [3.8, 4) is 0 Å². The van der Waals surface area contributed by atoms with Gasteiger partial charge in [0, 0.05) is 6.92 Å². The molecule has 0 radical (unpaired) electrons. The molecule has 0 aromatic rings. The number of nitrogens with one attached hydrogen (secondary N) is 1. The van der Waals surface area contributed by atoms with Crippen LogP contribution in [0.2, 0.25) is 0 Å². The molecule has 0 aromatic carbocycles. The van der Waals surface area contributed by atoms with Gasteiger partial charge in [-0.15, -0.1) is 0 Å². The molecule has 1 aliphatic heterocycles. The van der Waals surface area contributed by atoms with Gasteiger partial charge in [0.25, 0.3) is 0 Å². The van der Waals surface area contributed by atoms with Crippen LogP contribution in [0.3, 0.4) is 0 Å². The van der Waals surface area contributed by atoms with Gasteiger partial charge < -0.3 is 41.3 Å². The monoisotopic (exact) mass is 292 g/mol. The van der Waals surface area contributed by atoms with Crippen molar-refractivity contribution in [2.24, 2.45) is 5.73 Å². The number of hydrogen-bond donors (Lipinski definition) is 7. The number of hydrogen-bond acceptors (Lipinski definition) is 8. The lowest BCUT2D eigenvalue weighted by Gasteiger charge is -2.39. The number of carbonyl (C=O) groups is 1. The van der Waals surface area contributed by atoms with E-state index in [0.717, 1.165) is 0 Å². The summed E-state index contributed by atoms with van der Waals surface area (Å²) in [5.74, 6) is -0.737. The molecule has 5 atom stereocenters. The van der Waals surface area contributed by atoms with Crippen molar-refractivity contribution < 1.29 is 35.1 Å². The Morgan fingerprint density at radius 3 is 2.50 bits per heavy atom. The zero-order valence-electron chi connectivity index (χ0n) is 10.9. The summed E-state index contributed by atoms with van der Waals surface area (Å²) in [7, 11) is 0. The predicted octanol–water partition coefficient (Wildman–Crippen LogP) is -3.87. The zero-order chi connectivity index (χ0) is 15.4. The average Bonchev–Trinajstić information content (AvgIpc) is 2.38. The molecule has 116 valence electrons. The molecule has 0 saturated carbocycles. The van der Waals surface area contributed by atoms with Crippen LogP contribution < -0.4 is 11.1 Å². The van der Waals surface area contributed by atoms with Crippen molar-refractivity contribution in [1.29, 1.82) is 0 Å². The molecule has 1 unspecified atom stereocenters. The quantitative estimate of drug-likeness (QED) is 0.253. The Labute approximate surface area is 115 Å². The number of aliphatic hydroxyl groups excluding tert-OH is 4. The Morgan fingerprint density at radius 2 is 2.05 bits per heavy atom. The SMILES string of the molecule is CC(=O)N[C@@H]1[C@@H](N)C=C(C(O)O)O[C@H]1C(O)[C@H](O)CO. The Kier molecular flexibility index (Phi) is 5.87. The second-order valence-corrected chi connectivity index (χ2v) is 4.57. The summed E-state index contributed by atoms with van der Waals surface area (Å²) in [5.41, 5.74) is 5.78. The number of nitrogens with two attached hydrogens (primary N) is 1. The van der Waals surface area contributed by atoms with Gasteiger partial charge in [0.1, 0.15) is 18.3 Å². The van der Waals surface area contributed by atoms with E-state index in [-0.39, 0.29) is 5.76 Å². The van der Waals surface area contributed by atoms with Crippen molar-refractivity contribution in [2.45, 2.75) is 43.6 Å². The Bertz CT molecular complexity index is 374. The van der Waals surface area contributed by atoms with Gasteiger partial charge in [-0.25, -0.2) is 0 Å². The van der Waals surface area contributed by atoms with Crippen LogP contribution >= 0.6 is 0 Å². The molecule has 0 spiro atoms. The maximum atomic E-state index is 11.1. The fourth-order valence-corrected chi connectivity index (χ4v) is 1.95. The van der Waals surface area contributed by atoms with Gasteiger partial charge in [0.2, 0.25) is 12.2 Å². The molecule has 0 fully saturated rings. The van der Waals surface area contributed by atoms with E-state index in [9.17, 15) is 15.0 Å². The highest BCUT2D eigenvalue weighted by molar-refractivity contribution is 5.73. The smallest absolute Gasteiger partial charge is 0.217 e. The number of amides is 1. The summed E-state index contributed by atoms with van der Waals surface area (Å²) in [6.07, 6.45) is -5.10. The van der Waals surface area contributed by atoms with Crippen molar-refractivity contribution in [2.75, 3.05) is 6.61 Å². The second kappa shape index (κ2) is 6.97. The van der Waals surface area contributed by atoms with Crippen molar-refractivity contribution in [3.05, 3.63) is 11.8 Å². The van der Waals surface area contributed by atoms with E-state index in [2.05, 4.69) is 5.32 Å². The lowest BCUT2D eigenvalue weighted by Crippen LogP contribution is -2.62. The fraction of sp³-hybridized carbons (Fsp3) is 0.727. The van der Waals surface area contributed by atoms with Gasteiger partial charge in [0.05, 0.1) is 18.7 Å². The third-order valence-electron chi connectivity index (χ3n) is 2.94. The minimum Gasteiger partial charge on any atom is -0.485 e. The highest BCUT2D eigenvalue weighted by Gasteiger charge is 2.41. The predicted molar refractivity (Wildman–Crippen MR) is 65.9 cm³/mol. The fourth-order valence-electron chi connectivity index (χ4n) is 1.95. The minimum absolute atomic E-state index is 0.298. The largest absolute Gasteiger partial charge is 0.485 e. The molecule has 0 bridgehead atoms. The third-order valence-corrected chi connectivity index (χ3v) is 2.94. The lowest BCUT2D eigenvalue weighted by atomic mass is 9.92. The zero-order valence-corrected chi connectivity index (χ0v) is 10.9. The van der Waals surface area contributed by atoms with Crippen LogP contribution in [0.25, 0.3) is 0 Å². The standard InChI is InChI=1S/C11H20N2O7/c1-4(15)13-8-5(12)2-7(11(18)19)20-10(8)9(17)6(16)3-14/h2,5-6,8-11,14,16-19H,3,12H2,1H3,(H,13,15)/t5-,6+,8+,9?,10+/m0/s1. The first kappa shape index (κ1) is 16.8. The van der Waals surface area contributed by atoms with Gasteiger partial charge in [-0.1, -0.05) is 0 Å². The maximum absolute atomic E-state index is 11.1. The van der Waals surface area contributed by atoms with Crippen LogP contribution in [-0.2, 0) is 9.53 Å². The van der Waals surface area contributed by atoms with Gasteiger partial charge >= 0.3 is 0 Å². The first-order valence-corrected chi connectivity index (χ1v) is 6.02. The average molecular weight is 292 g/mol. The lowest BCUT2D eigenvalue weighted by molar-refractivity contribution is -0.138. The molecule has 0 aromatic heterocycles. The third kappa shape index (κ3) is 3.88. The number of rotatable bonds is 5.